The molecule has 0 aliphatic carbocycles. The van der Waals surface area contributed by atoms with Crippen LogP contribution in [0.5, 0.6) is 0 Å². The van der Waals surface area contributed by atoms with Gasteiger partial charge in [0.2, 0.25) is 5.91 Å². The second-order valence-corrected chi connectivity index (χ2v) is 5.05. The molecule has 0 aliphatic heterocycles. The molecule has 5 heteroatoms. The van der Waals surface area contributed by atoms with E-state index in [1.165, 1.54) is 0 Å². The minimum absolute atomic E-state index is 0.00848. The molecule has 1 aromatic carbocycles. The molecule has 0 aliphatic rings. The number of fused-ring (bicyclic) bond motifs is 1. The maximum atomic E-state index is 11.7. The van der Waals surface area contributed by atoms with Gasteiger partial charge in [0.15, 0.2) is 5.58 Å². The predicted octanol–water partition coefficient (Wildman–Crippen LogP) is 1.83. The zero-order valence-corrected chi connectivity index (χ0v) is 11.2. The van der Waals surface area contributed by atoms with Gasteiger partial charge in [-0.3, -0.25) is 9.78 Å². The lowest BCUT2D eigenvalue weighted by Gasteiger charge is -2.07. The molecule has 0 saturated carbocycles. The van der Waals surface area contributed by atoms with E-state index in [1.54, 1.807) is 18.2 Å². The normalized spacial score (nSPS) is 11.1. The van der Waals surface area contributed by atoms with Gasteiger partial charge in [-0.05, 0) is 30.0 Å². The molecule has 1 amide bonds. The number of carbonyl (C=O) groups is 1. The van der Waals surface area contributed by atoms with Crippen molar-refractivity contribution in [2.75, 3.05) is 6.54 Å². The van der Waals surface area contributed by atoms with Crippen LogP contribution in [0.4, 0.5) is 0 Å². The summed E-state index contributed by atoms with van der Waals surface area (Å²) in [4.78, 5) is 25.3. The van der Waals surface area contributed by atoms with E-state index in [1.807, 2.05) is 0 Å². The van der Waals surface area contributed by atoms with Crippen LogP contribution in [0.1, 0.15) is 25.8 Å². The lowest BCUT2D eigenvalue weighted by molar-refractivity contribution is -0.120. The number of benzene rings is 1. The van der Waals surface area contributed by atoms with Gasteiger partial charge in [-0.15, -0.1) is 0 Å². The van der Waals surface area contributed by atoms with Crippen molar-refractivity contribution in [3.8, 4) is 0 Å². The van der Waals surface area contributed by atoms with E-state index in [-0.39, 0.29) is 5.91 Å². The number of nitrogens with one attached hydrogen (secondary N) is 2. The number of hydrogen-bond donors (Lipinski definition) is 2. The van der Waals surface area contributed by atoms with E-state index in [0.29, 0.717) is 30.0 Å². The van der Waals surface area contributed by atoms with E-state index in [4.69, 9.17) is 4.42 Å². The van der Waals surface area contributed by atoms with Crippen LogP contribution in [-0.2, 0) is 11.2 Å². The van der Waals surface area contributed by atoms with Gasteiger partial charge < -0.3 is 9.73 Å². The minimum atomic E-state index is -0.478. The molecule has 0 spiro atoms. The Morgan fingerprint density at radius 3 is 2.95 bits per heavy atom. The van der Waals surface area contributed by atoms with Gasteiger partial charge in [-0.1, -0.05) is 19.9 Å². The maximum Gasteiger partial charge on any atom is 0.417 e. The first-order chi connectivity index (χ1) is 9.04. The molecule has 0 fully saturated rings. The first-order valence-corrected chi connectivity index (χ1v) is 6.43. The summed E-state index contributed by atoms with van der Waals surface area (Å²) in [5.74, 6) is 0.0898. The Labute approximate surface area is 111 Å². The average Bonchev–Trinajstić information content (AvgIpc) is 2.67. The van der Waals surface area contributed by atoms with Gasteiger partial charge in [0, 0.05) is 6.54 Å². The molecule has 102 valence electrons. The highest BCUT2D eigenvalue weighted by molar-refractivity contribution is 5.80. The second-order valence-electron chi connectivity index (χ2n) is 5.05. The second kappa shape index (κ2) is 5.73. The molecule has 1 heterocycles. The average molecular weight is 262 g/mol. The summed E-state index contributed by atoms with van der Waals surface area (Å²) in [5, 5.41) is 2.88. The fourth-order valence-electron chi connectivity index (χ4n) is 1.86. The van der Waals surface area contributed by atoms with Crippen molar-refractivity contribution in [2.45, 2.75) is 26.7 Å². The largest absolute Gasteiger partial charge is 0.417 e. The van der Waals surface area contributed by atoms with E-state index in [9.17, 15) is 9.59 Å². The molecule has 19 heavy (non-hydrogen) atoms. The van der Waals surface area contributed by atoms with E-state index >= 15 is 0 Å². The highest BCUT2D eigenvalue weighted by Crippen LogP contribution is 2.12. The van der Waals surface area contributed by atoms with Gasteiger partial charge in [0.05, 0.1) is 11.9 Å². The van der Waals surface area contributed by atoms with Crippen LogP contribution in [0.25, 0.3) is 11.1 Å². The molecule has 0 atom stereocenters. The summed E-state index contributed by atoms with van der Waals surface area (Å²) in [6.07, 6.45) is 1.28. The van der Waals surface area contributed by atoms with Crippen molar-refractivity contribution < 1.29 is 9.21 Å². The third-order valence-electron chi connectivity index (χ3n) is 2.89. The van der Waals surface area contributed by atoms with Crippen LogP contribution in [0.3, 0.4) is 0 Å². The lowest BCUT2D eigenvalue weighted by atomic mass is 10.1. The Bertz CT molecular complexity index is 625. The number of carbonyl (C=O) groups excluding carboxylic acids is 1. The van der Waals surface area contributed by atoms with Crippen LogP contribution in [0.15, 0.2) is 27.4 Å². The van der Waals surface area contributed by atoms with Crippen LogP contribution >= 0.6 is 0 Å². The Hall–Kier alpha value is -2.04. The number of hydrogen-bond acceptors (Lipinski definition) is 3. The first-order valence-electron chi connectivity index (χ1n) is 6.43. The summed E-state index contributed by atoms with van der Waals surface area (Å²) in [7, 11) is 0. The molecule has 0 radical (unpaired) electrons. The van der Waals surface area contributed by atoms with Gasteiger partial charge >= 0.3 is 5.76 Å². The first kappa shape index (κ1) is 13.4. The monoisotopic (exact) mass is 262 g/mol. The highest BCUT2D eigenvalue weighted by atomic mass is 16.4. The molecular weight excluding hydrogens is 244 g/mol. The molecular formula is C14H18N2O3. The summed E-state index contributed by atoms with van der Waals surface area (Å²) in [5.41, 5.74) is 1.98. The zero-order chi connectivity index (χ0) is 13.8. The number of amides is 1. The van der Waals surface area contributed by atoms with Crippen molar-refractivity contribution in [3.63, 3.8) is 0 Å². The van der Waals surface area contributed by atoms with Crippen LogP contribution in [0, 0.1) is 5.92 Å². The molecule has 5 nitrogen and oxygen atoms in total. The van der Waals surface area contributed by atoms with Crippen LogP contribution in [-0.4, -0.2) is 17.4 Å². The Morgan fingerprint density at radius 1 is 1.42 bits per heavy atom. The minimum Gasteiger partial charge on any atom is -0.408 e. The highest BCUT2D eigenvalue weighted by Gasteiger charge is 2.06. The molecule has 0 saturated heterocycles. The molecule has 2 N–H and O–H groups in total. The quantitative estimate of drug-likeness (QED) is 0.863. The summed E-state index contributed by atoms with van der Waals surface area (Å²) in [6, 6.07) is 5.26. The van der Waals surface area contributed by atoms with E-state index < -0.39 is 5.76 Å². The van der Waals surface area contributed by atoms with Gasteiger partial charge in [0.25, 0.3) is 0 Å². The number of oxazole rings is 1. The Kier molecular flexibility index (Phi) is 4.04. The Balaban J connectivity index is 1.96. The topological polar surface area (TPSA) is 75.1 Å². The molecule has 2 aromatic rings. The summed E-state index contributed by atoms with van der Waals surface area (Å²) >= 11 is 0. The van der Waals surface area contributed by atoms with Crippen molar-refractivity contribution in [3.05, 3.63) is 34.3 Å². The third kappa shape index (κ3) is 3.71. The van der Waals surface area contributed by atoms with Crippen molar-refractivity contribution in [1.29, 1.82) is 0 Å². The third-order valence-corrected chi connectivity index (χ3v) is 2.89. The SMILES string of the molecule is CC(C)CCNC(=O)Cc1ccc2oc(=O)[nH]c2c1. The van der Waals surface area contributed by atoms with Gasteiger partial charge in [0.1, 0.15) is 0 Å². The fraction of sp³-hybridized carbons (Fsp3) is 0.429. The predicted molar refractivity (Wildman–Crippen MR) is 73.0 cm³/mol. The van der Waals surface area contributed by atoms with Gasteiger partial charge in [-0.2, -0.15) is 0 Å². The number of aromatic amines is 1. The molecule has 0 unspecified atom stereocenters. The number of rotatable bonds is 5. The van der Waals surface area contributed by atoms with Crippen LogP contribution in [0.2, 0.25) is 0 Å². The van der Waals surface area contributed by atoms with Crippen LogP contribution < -0.4 is 11.1 Å². The molecule has 1 aromatic heterocycles. The van der Waals surface area contributed by atoms with Crippen molar-refractivity contribution in [1.82, 2.24) is 10.3 Å². The van der Waals surface area contributed by atoms with Gasteiger partial charge in [-0.25, -0.2) is 4.79 Å². The standard InChI is InChI=1S/C14H18N2O3/c1-9(2)5-6-15-13(17)8-10-3-4-12-11(7-10)16-14(18)19-12/h3-4,7,9H,5-6,8H2,1-2H3,(H,15,17)(H,16,18). The Morgan fingerprint density at radius 2 is 2.21 bits per heavy atom. The van der Waals surface area contributed by atoms with Crippen molar-refractivity contribution >= 4 is 17.0 Å². The maximum absolute atomic E-state index is 11.7. The smallest absolute Gasteiger partial charge is 0.408 e. The van der Waals surface area contributed by atoms with E-state index in [0.717, 1.165) is 12.0 Å². The number of aromatic nitrogens is 1. The molecule has 0 bridgehead atoms. The van der Waals surface area contributed by atoms with E-state index in [2.05, 4.69) is 24.1 Å². The lowest BCUT2D eigenvalue weighted by Crippen LogP contribution is -2.26. The fourth-order valence-corrected chi connectivity index (χ4v) is 1.86. The summed E-state index contributed by atoms with van der Waals surface area (Å²) < 4.78 is 4.91. The summed E-state index contributed by atoms with van der Waals surface area (Å²) in [6.45, 7) is 4.94. The number of H-pyrrole nitrogens is 1. The molecule has 2 rings (SSSR count). The zero-order valence-electron chi connectivity index (χ0n) is 11.2. The van der Waals surface area contributed by atoms with Crippen molar-refractivity contribution in [2.24, 2.45) is 5.92 Å².